The van der Waals surface area contributed by atoms with Crippen molar-refractivity contribution < 1.29 is 17.9 Å². The molecule has 1 saturated heterocycles. The molecule has 0 unspecified atom stereocenters. The van der Waals surface area contributed by atoms with Crippen LogP contribution >= 0.6 is 11.3 Å². The second-order valence-corrected chi connectivity index (χ2v) is 11.1. The molecule has 0 radical (unpaired) electrons. The molecule has 0 spiro atoms. The van der Waals surface area contributed by atoms with E-state index in [0.717, 1.165) is 36.3 Å². The van der Waals surface area contributed by atoms with Crippen LogP contribution in [0, 0.1) is 0 Å². The Kier molecular flexibility index (Phi) is 8.80. The Morgan fingerprint density at radius 3 is 2.40 bits per heavy atom. The highest BCUT2D eigenvalue weighted by molar-refractivity contribution is 7.89. The molecule has 3 aromatic rings. The van der Waals surface area contributed by atoms with Crippen LogP contribution in [0.4, 0.5) is 0 Å². The monoisotopic (exact) mass is 515 g/mol. The number of nitrogens with zero attached hydrogens (tertiary/aromatic N) is 1. The number of sulfonamides is 1. The van der Waals surface area contributed by atoms with E-state index in [4.69, 9.17) is 9.47 Å². The normalized spacial score (nSPS) is 14.3. The molecule has 1 aliphatic rings. The summed E-state index contributed by atoms with van der Waals surface area (Å²) in [6.07, 6.45) is 2.35. The fraction of sp³-hybridized carbons (Fsp3) is 0.385. The molecule has 2 N–H and O–H groups in total. The molecule has 1 aromatic heterocycles. The summed E-state index contributed by atoms with van der Waals surface area (Å²) in [6, 6.07) is 13.3. The van der Waals surface area contributed by atoms with Gasteiger partial charge in [-0.05, 0) is 83.7 Å². The van der Waals surface area contributed by atoms with Gasteiger partial charge in [-0.15, -0.1) is 0 Å². The second kappa shape index (κ2) is 12.0. The summed E-state index contributed by atoms with van der Waals surface area (Å²) in [5.41, 5.74) is 3.92. The first kappa shape index (κ1) is 25.7. The molecular weight excluding hydrogens is 482 g/mol. The third-order valence-electron chi connectivity index (χ3n) is 6.19. The molecule has 0 bridgehead atoms. The van der Waals surface area contributed by atoms with Gasteiger partial charge >= 0.3 is 0 Å². The van der Waals surface area contributed by atoms with Crippen LogP contribution in [0.15, 0.2) is 58.1 Å². The van der Waals surface area contributed by atoms with E-state index in [0.29, 0.717) is 31.1 Å². The number of ether oxygens (including phenoxy) is 2. The number of rotatable bonds is 12. The zero-order chi connectivity index (χ0) is 24.7. The van der Waals surface area contributed by atoms with E-state index >= 15 is 0 Å². The number of methoxy groups -OCH3 is 2. The first-order valence-corrected chi connectivity index (χ1v) is 14.2. The molecule has 0 aliphatic carbocycles. The molecule has 0 saturated carbocycles. The van der Waals surface area contributed by atoms with Crippen LogP contribution in [-0.2, 0) is 23.1 Å². The molecule has 1 fully saturated rings. The number of benzene rings is 2. The van der Waals surface area contributed by atoms with Crippen molar-refractivity contribution in [1.29, 1.82) is 0 Å². The van der Waals surface area contributed by atoms with Crippen molar-refractivity contribution in [3.8, 4) is 22.6 Å². The van der Waals surface area contributed by atoms with Gasteiger partial charge in [-0.3, -0.25) is 0 Å². The van der Waals surface area contributed by atoms with E-state index in [9.17, 15) is 8.42 Å². The van der Waals surface area contributed by atoms with Crippen molar-refractivity contribution in [2.75, 3.05) is 40.4 Å². The van der Waals surface area contributed by atoms with Crippen molar-refractivity contribution in [1.82, 2.24) is 14.9 Å². The van der Waals surface area contributed by atoms with Gasteiger partial charge in [0.05, 0.1) is 14.2 Å². The second-order valence-electron chi connectivity index (χ2n) is 8.58. The third kappa shape index (κ3) is 6.62. The van der Waals surface area contributed by atoms with Gasteiger partial charge in [-0.25, -0.2) is 13.1 Å². The molecular formula is C26H33N3O4S2. The number of hydrogen-bond donors (Lipinski definition) is 2. The zero-order valence-electron chi connectivity index (χ0n) is 20.2. The van der Waals surface area contributed by atoms with E-state index < -0.39 is 10.0 Å². The highest BCUT2D eigenvalue weighted by atomic mass is 32.2. The molecule has 35 heavy (non-hydrogen) atoms. The number of thiophene rings is 1. The minimum Gasteiger partial charge on any atom is -0.496 e. The van der Waals surface area contributed by atoms with Crippen molar-refractivity contribution in [3.05, 3.63) is 64.4 Å². The predicted octanol–water partition coefficient (Wildman–Crippen LogP) is 4.10. The molecule has 0 amide bonds. The Morgan fingerprint density at radius 2 is 1.69 bits per heavy atom. The van der Waals surface area contributed by atoms with Crippen molar-refractivity contribution >= 4 is 21.4 Å². The standard InChI is InChI=1S/C26H33N3O4S2/c1-32-24-7-5-20(17-27-18-21-9-14-34-19-21)15-23(24)22-6-8-25(33-2)26(16-22)35(30,31)28-10-13-29-11-3-4-12-29/h5-9,14-16,19,27-28H,3-4,10-13,17-18H2,1-2H3. The Balaban J connectivity index is 1.54. The van der Waals surface area contributed by atoms with Gasteiger partial charge in [0.15, 0.2) is 0 Å². The van der Waals surface area contributed by atoms with Gasteiger partial charge in [0.1, 0.15) is 16.4 Å². The molecule has 1 aliphatic heterocycles. The maximum atomic E-state index is 13.2. The smallest absolute Gasteiger partial charge is 0.244 e. The van der Waals surface area contributed by atoms with Crippen molar-refractivity contribution in [2.45, 2.75) is 30.8 Å². The lowest BCUT2D eigenvalue weighted by Crippen LogP contribution is -2.33. The lowest BCUT2D eigenvalue weighted by atomic mass is 10.0. The fourth-order valence-electron chi connectivity index (χ4n) is 4.31. The lowest BCUT2D eigenvalue weighted by Gasteiger charge is -2.17. The Bertz CT molecular complexity index is 1210. The van der Waals surface area contributed by atoms with Gasteiger partial charge < -0.3 is 19.7 Å². The van der Waals surface area contributed by atoms with E-state index in [1.165, 1.54) is 25.5 Å². The van der Waals surface area contributed by atoms with Crippen molar-refractivity contribution in [3.63, 3.8) is 0 Å². The molecule has 2 aromatic carbocycles. The van der Waals surface area contributed by atoms with E-state index in [2.05, 4.69) is 31.8 Å². The van der Waals surface area contributed by atoms with E-state index in [-0.39, 0.29) is 4.90 Å². The minimum atomic E-state index is -3.75. The Hall–Kier alpha value is -2.43. The maximum absolute atomic E-state index is 13.2. The lowest BCUT2D eigenvalue weighted by molar-refractivity contribution is 0.344. The van der Waals surface area contributed by atoms with E-state index in [1.54, 1.807) is 30.6 Å². The summed E-state index contributed by atoms with van der Waals surface area (Å²) in [5.74, 6) is 0.997. The summed E-state index contributed by atoms with van der Waals surface area (Å²) in [7, 11) is -0.644. The Morgan fingerprint density at radius 1 is 0.943 bits per heavy atom. The summed E-state index contributed by atoms with van der Waals surface area (Å²) in [5, 5.41) is 7.65. The average molecular weight is 516 g/mol. The minimum absolute atomic E-state index is 0.127. The quantitative estimate of drug-likeness (QED) is 0.378. The highest BCUT2D eigenvalue weighted by Crippen LogP contribution is 2.35. The van der Waals surface area contributed by atoms with Crippen LogP contribution in [0.25, 0.3) is 11.1 Å². The predicted molar refractivity (Wildman–Crippen MR) is 141 cm³/mol. The number of likely N-dealkylation sites (tertiary alicyclic amines) is 1. The van der Waals surface area contributed by atoms with Gasteiger partial charge in [0.25, 0.3) is 0 Å². The van der Waals surface area contributed by atoms with Gasteiger partial charge in [-0.2, -0.15) is 11.3 Å². The van der Waals surface area contributed by atoms with Crippen LogP contribution in [0.3, 0.4) is 0 Å². The molecule has 0 atom stereocenters. The van der Waals surface area contributed by atoms with Crippen LogP contribution < -0.4 is 19.5 Å². The average Bonchev–Trinajstić information content (AvgIpc) is 3.58. The SMILES string of the molecule is COc1ccc(CNCc2ccsc2)cc1-c1ccc(OC)c(S(=O)(=O)NCCN2CCCC2)c1. The van der Waals surface area contributed by atoms with Crippen LogP contribution in [0.2, 0.25) is 0 Å². The van der Waals surface area contributed by atoms with Crippen molar-refractivity contribution in [2.24, 2.45) is 0 Å². The summed E-state index contributed by atoms with van der Waals surface area (Å²) >= 11 is 1.68. The largest absolute Gasteiger partial charge is 0.496 e. The highest BCUT2D eigenvalue weighted by Gasteiger charge is 2.22. The molecule has 188 valence electrons. The van der Waals surface area contributed by atoms with Crippen LogP contribution in [0.1, 0.15) is 24.0 Å². The number of hydrogen-bond acceptors (Lipinski definition) is 7. The van der Waals surface area contributed by atoms with E-state index in [1.807, 2.05) is 24.3 Å². The summed E-state index contributed by atoms with van der Waals surface area (Å²) < 4.78 is 40.1. The third-order valence-corrected chi connectivity index (χ3v) is 8.40. The Labute approximate surface area is 212 Å². The maximum Gasteiger partial charge on any atom is 0.244 e. The number of nitrogens with one attached hydrogen (secondary N) is 2. The molecule has 2 heterocycles. The fourth-order valence-corrected chi connectivity index (χ4v) is 6.19. The van der Waals surface area contributed by atoms with Crippen LogP contribution in [-0.4, -0.2) is 53.7 Å². The summed E-state index contributed by atoms with van der Waals surface area (Å²) in [4.78, 5) is 2.40. The topological polar surface area (TPSA) is 79.9 Å². The summed E-state index contributed by atoms with van der Waals surface area (Å²) in [6.45, 7) is 4.60. The first-order valence-electron chi connectivity index (χ1n) is 11.8. The van der Waals surface area contributed by atoms with Gasteiger partial charge in [-0.1, -0.05) is 12.1 Å². The van der Waals surface area contributed by atoms with Gasteiger partial charge in [0.2, 0.25) is 10.0 Å². The van der Waals surface area contributed by atoms with Crippen LogP contribution in [0.5, 0.6) is 11.5 Å². The molecule has 7 nitrogen and oxygen atoms in total. The first-order chi connectivity index (χ1) is 17.0. The zero-order valence-corrected chi connectivity index (χ0v) is 21.9. The molecule has 9 heteroatoms. The van der Waals surface area contributed by atoms with Gasteiger partial charge in [0, 0.05) is 31.7 Å². The molecule has 4 rings (SSSR count).